The lowest BCUT2D eigenvalue weighted by Crippen LogP contribution is -2.18. The van der Waals surface area contributed by atoms with Crippen LogP contribution in [0.5, 0.6) is 5.75 Å². The van der Waals surface area contributed by atoms with Crippen molar-refractivity contribution < 1.29 is 9.53 Å². The Labute approximate surface area is 118 Å². The van der Waals surface area contributed by atoms with Crippen LogP contribution in [0.15, 0.2) is 24.3 Å². The van der Waals surface area contributed by atoms with Gasteiger partial charge in [-0.25, -0.2) is 0 Å². The number of aromatic nitrogens is 2. The molecule has 2 N–H and O–H groups in total. The first-order chi connectivity index (χ1) is 9.54. The van der Waals surface area contributed by atoms with Crippen LogP contribution in [0.4, 0.5) is 5.69 Å². The second-order valence-electron chi connectivity index (χ2n) is 4.92. The molecule has 0 bridgehead atoms. The molecule has 0 saturated heterocycles. The lowest BCUT2D eigenvalue weighted by molar-refractivity contribution is -0.118. The molecule has 0 aliphatic heterocycles. The number of hydrogen-bond acceptors (Lipinski definition) is 3. The molecule has 20 heavy (non-hydrogen) atoms. The van der Waals surface area contributed by atoms with E-state index in [1.807, 2.05) is 45.0 Å². The highest BCUT2D eigenvalue weighted by molar-refractivity contribution is 5.97. The van der Waals surface area contributed by atoms with Crippen molar-refractivity contribution >= 4 is 11.6 Å². The molecule has 2 rings (SSSR count). The molecule has 0 unspecified atom stereocenters. The summed E-state index contributed by atoms with van der Waals surface area (Å²) in [5.41, 5.74) is 3.06. The number of aromatic amines is 1. The average molecular weight is 273 g/mol. The van der Waals surface area contributed by atoms with Crippen LogP contribution in [0.3, 0.4) is 0 Å². The van der Waals surface area contributed by atoms with Gasteiger partial charge >= 0.3 is 0 Å². The van der Waals surface area contributed by atoms with Crippen molar-refractivity contribution in [2.24, 2.45) is 5.92 Å². The van der Waals surface area contributed by atoms with Crippen LogP contribution in [0.1, 0.15) is 19.5 Å². The van der Waals surface area contributed by atoms with Gasteiger partial charge in [0.25, 0.3) is 0 Å². The fraction of sp³-hybridized carbons (Fsp3) is 0.333. The van der Waals surface area contributed by atoms with Crippen LogP contribution in [-0.4, -0.2) is 23.2 Å². The molecule has 0 radical (unpaired) electrons. The molecule has 0 atom stereocenters. The number of nitrogens with zero attached hydrogens (tertiary/aromatic N) is 1. The number of methoxy groups -OCH3 is 1. The smallest absolute Gasteiger partial charge is 0.227 e. The lowest BCUT2D eigenvalue weighted by Gasteiger charge is -2.11. The Morgan fingerprint density at radius 1 is 1.35 bits per heavy atom. The Bertz CT molecular complexity index is 617. The number of ether oxygens (including phenoxy) is 1. The average Bonchev–Trinajstić information content (AvgIpc) is 2.80. The molecule has 0 saturated carbocycles. The molecule has 1 heterocycles. The van der Waals surface area contributed by atoms with E-state index in [-0.39, 0.29) is 11.8 Å². The van der Waals surface area contributed by atoms with Gasteiger partial charge < -0.3 is 10.1 Å². The minimum Gasteiger partial charge on any atom is -0.496 e. The Balaban J connectivity index is 2.45. The highest BCUT2D eigenvalue weighted by Crippen LogP contribution is 2.34. The van der Waals surface area contributed by atoms with Crippen molar-refractivity contribution in [1.29, 1.82) is 0 Å². The first-order valence-electron chi connectivity index (χ1n) is 6.53. The van der Waals surface area contributed by atoms with Gasteiger partial charge in [-0.1, -0.05) is 26.0 Å². The van der Waals surface area contributed by atoms with Crippen molar-refractivity contribution in [3.63, 3.8) is 0 Å². The van der Waals surface area contributed by atoms with Gasteiger partial charge in [0.15, 0.2) is 0 Å². The fourth-order valence-electron chi connectivity index (χ4n) is 1.88. The number of carbonyl (C=O) groups is 1. The van der Waals surface area contributed by atoms with Gasteiger partial charge in [0.05, 0.1) is 18.5 Å². The number of nitrogens with one attached hydrogen (secondary N) is 2. The second-order valence-corrected chi connectivity index (χ2v) is 4.92. The minimum atomic E-state index is -0.0881. The number of benzene rings is 1. The van der Waals surface area contributed by atoms with E-state index < -0.39 is 0 Å². The van der Waals surface area contributed by atoms with Crippen molar-refractivity contribution in [3.05, 3.63) is 30.0 Å². The van der Waals surface area contributed by atoms with Crippen molar-refractivity contribution in [1.82, 2.24) is 10.2 Å². The first-order valence-corrected chi connectivity index (χ1v) is 6.53. The Hall–Kier alpha value is -2.30. The molecule has 106 valence electrons. The Morgan fingerprint density at radius 3 is 2.70 bits per heavy atom. The topological polar surface area (TPSA) is 67.0 Å². The minimum absolute atomic E-state index is 0.0364. The summed E-state index contributed by atoms with van der Waals surface area (Å²) in [6, 6.07) is 7.59. The second kappa shape index (κ2) is 5.77. The molecule has 2 aromatic rings. The van der Waals surface area contributed by atoms with Crippen LogP contribution >= 0.6 is 0 Å². The molecule has 1 amide bonds. The van der Waals surface area contributed by atoms with E-state index >= 15 is 0 Å². The zero-order valence-corrected chi connectivity index (χ0v) is 12.2. The predicted octanol–water partition coefficient (Wildman–Crippen LogP) is 2.99. The van der Waals surface area contributed by atoms with Gasteiger partial charge in [-0.3, -0.25) is 9.89 Å². The monoisotopic (exact) mass is 273 g/mol. The third kappa shape index (κ3) is 2.66. The molecule has 1 aromatic heterocycles. The number of amides is 1. The van der Waals surface area contributed by atoms with E-state index in [9.17, 15) is 4.79 Å². The fourth-order valence-corrected chi connectivity index (χ4v) is 1.88. The van der Waals surface area contributed by atoms with Gasteiger partial charge in [-0.2, -0.15) is 5.10 Å². The first kappa shape index (κ1) is 14.1. The summed E-state index contributed by atoms with van der Waals surface area (Å²) in [7, 11) is 1.62. The quantitative estimate of drug-likeness (QED) is 0.900. The lowest BCUT2D eigenvalue weighted by atomic mass is 10.1. The molecule has 5 heteroatoms. The highest BCUT2D eigenvalue weighted by atomic mass is 16.5. The van der Waals surface area contributed by atoms with E-state index in [4.69, 9.17) is 4.74 Å². The van der Waals surface area contributed by atoms with E-state index in [2.05, 4.69) is 15.5 Å². The zero-order chi connectivity index (χ0) is 14.7. The van der Waals surface area contributed by atoms with Crippen LogP contribution < -0.4 is 10.1 Å². The number of para-hydroxylation sites is 1. The van der Waals surface area contributed by atoms with Gasteiger partial charge in [-0.05, 0) is 19.1 Å². The van der Waals surface area contributed by atoms with E-state index in [0.717, 1.165) is 17.0 Å². The number of hydrogen-bond donors (Lipinski definition) is 2. The van der Waals surface area contributed by atoms with E-state index in [1.165, 1.54) is 0 Å². The predicted molar refractivity (Wildman–Crippen MR) is 78.8 cm³/mol. The summed E-state index contributed by atoms with van der Waals surface area (Å²) in [6.45, 7) is 5.59. The highest BCUT2D eigenvalue weighted by Gasteiger charge is 2.18. The number of carbonyl (C=O) groups excluding carboxylic acids is 1. The summed E-state index contributed by atoms with van der Waals surface area (Å²) in [4.78, 5) is 11.9. The summed E-state index contributed by atoms with van der Waals surface area (Å²) in [5, 5.41) is 10.1. The largest absolute Gasteiger partial charge is 0.496 e. The van der Waals surface area contributed by atoms with Crippen LogP contribution in [0.25, 0.3) is 11.3 Å². The van der Waals surface area contributed by atoms with Crippen molar-refractivity contribution in [3.8, 4) is 17.0 Å². The molecule has 0 aliphatic rings. The van der Waals surface area contributed by atoms with Crippen LogP contribution in [0.2, 0.25) is 0 Å². The summed E-state index contributed by atoms with van der Waals surface area (Å²) >= 11 is 0. The maximum atomic E-state index is 11.9. The van der Waals surface area contributed by atoms with Crippen LogP contribution in [0, 0.1) is 12.8 Å². The summed E-state index contributed by atoms with van der Waals surface area (Å²) in [6.07, 6.45) is 0. The number of aryl methyl sites for hydroxylation is 1. The Morgan fingerprint density at radius 2 is 2.05 bits per heavy atom. The molecule has 0 spiro atoms. The van der Waals surface area contributed by atoms with Gasteiger partial charge in [0.2, 0.25) is 5.91 Å². The normalized spacial score (nSPS) is 10.7. The van der Waals surface area contributed by atoms with E-state index in [1.54, 1.807) is 7.11 Å². The molecule has 1 aromatic carbocycles. The number of anilines is 1. The number of rotatable bonds is 4. The third-order valence-corrected chi connectivity index (χ3v) is 3.08. The molecule has 0 fully saturated rings. The third-order valence-electron chi connectivity index (χ3n) is 3.08. The van der Waals surface area contributed by atoms with Gasteiger partial charge in [-0.15, -0.1) is 0 Å². The van der Waals surface area contributed by atoms with Gasteiger partial charge in [0, 0.05) is 11.5 Å². The number of H-pyrrole nitrogens is 1. The maximum absolute atomic E-state index is 11.9. The standard InChI is InChI=1S/C15H19N3O2/c1-9(2)15(19)16-13-10(3)17-18-14(13)11-7-5-6-8-12(11)20-4/h5-9H,1-4H3,(H,16,19)(H,17,18). The SMILES string of the molecule is COc1ccccc1-c1n[nH]c(C)c1NC(=O)C(C)C. The van der Waals surface area contributed by atoms with Crippen molar-refractivity contribution in [2.45, 2.75) is 20.8 Å². The Kier molecular flexibility index (Phi) is 4.08. The zero-order valence-electron chi connectivity index (χ0n) is 12.2. The van der Waals surface area contributed by atoms with E-state index in [0.29, 0.717) is 11.4 Å². The summed E-state index contributed by atoms with van der Waals surface area (Å²) in [5.74, 6) is 0.597. The van der Waals surface area contributed by atoms with Crippen LogP contribution in [-0.2, 0) is 4.79 Å². The molecular weight excluding hydrogens is 254 g/mol. The maximum Gasteiger partial charge on any atom is 0.227 e. The molecular formula is C15H19N3O2. The van der Waals surface area contributed by atoms with Gasteiger partial charge in [0.1, 0.15) is 11.4 Å². The molecule has 5 nitrogen and oxygen atoms in total. The summed E-state index contributed by atoms with van der Waals surface area (Å²) < 4.78 is 5.35. The van der Waals surface area contributed by atoms with Crippen molar-refractivity contribution in [2.75, 3.05) is 12.4 Å². The molecule has 0 aliphatic carbocycles.